The number of rotatable bonds is 1. The van der Waals surface area contributed by atoms with Gasteiger partial charge in [0.1, 0.15) is 0 Å². The molecule has 5 rings (SSSR count). The molecule has 36 heavy (non-hydrogen) atoms. The van der Waals surface area contributed by atoms with Crippen LogP contribution in [0.1, 0.15) is 87.0 Å². The zero-order valence-electron chi connectivity index (χ0n) is 23.3. The molecular formula is C31H43NO4. The van der Waals surface area contributed by atoms with E-state index >= 15 is 0 Å². The first-order valence-electron chi connectivity index (χ1n) is 13.7. The van der Waals surface area contributed by atoms with Crippen molar-refractivity contribution in [2.45, 2.75) is 87.0 Å². The zero-order chi connectivity index (χ0) is 26.7. The highest BCUT2D eigenvalue weighted by Crippen LogP contribution is 2.73. The highest BCUT2D eigenvalue weighted by molar-refractivity contribution is 6.01. The van der Waals surface area contributed by atoms with E-state index in [2.05, 4.69) is 39.1 Å². The Morgan fingerprint density at radius 1 is 0.917 bits per heavy atom. The molecule has 196 valence electrons. The van der Waals surface area contributed by atoms with Crippen LogP contribution < -0.4 is 5.32 Å². The molecule has 5 heteroatoms. The molecule has 7 atom stereocenters. The number of aliphatic hydroxyl groups is 1. The molecule has 5 nitrogen and oxygen atoms in total. The Kier molecular flexibility index (Phi) is 5.12. The van der Waals surface area contributed by atoms with E-state index in [1.165, 1.54) is 5.57 Å². The zero-order valence-corrected chi connectivity index (χ0v) is 23.3. The van der Waals surface area contributed by atoms with E-state index < -0.39 is 16.2 Å². The van der Waals surface area contributed by atoms with Gasteiger partial charge in [0.25, 0.3) is 0 Å². The maximum Gasteiger partial charge on any atom is 0.229 e. The van der Waals surface area contributed by atoms with Crippen LogP contribution in [-0.2, 0) is 14.4 Å². The van der Waals surface area contributed by atoms with E-state index in [1.54, 1.807) is 13.1 Å². The Bertz CT molecular complexity index is 1170. The third-order valence-corrected chi connectivity index (χ3v) is 12.0. The van der Waals surface area contributed by atoms with E-state index in [0.29, 0.717) is 0 Å². The third kappa shape index (κ3) is 2.86. The standard InChI is InChI=1S/C31H43NO4/c1-26(2)22-9-10-31(7)23(29(22,5)17-21(34)24(26)35)20(33)15-18-19-16-28(4,25(36)32-8)12-11-27(19,3)13-14-30(18,31)6/h15-17,22-23,34H,9-14H2,1-8H3,(H,32,36)/t22-,23+,27+,28-,29-,30+,31+/m0/s1. The van der Waals surface area contributed by atoms with Crippen molar-refractivity contribution in [2.24, 2.45) is 44.3 Å². The fourth-order valence-electron chi connectivity index (χ4n) is 9.55. The lowest BCUT2D eigenvalue weighted by Crippen LogP contribution is -2.64. The Hall–Kier alpha value is -2.17. The number of ketones is 2. The summed E-state index contributed by atoms with van der Waals surface area (Å²) in [7, 11) is 1.69. The van der Waals surface area contributed by atoms with Gasteiger partial charge in [-0.15, -0.1) is 0 Å². The molecular weight excluding hydrogens is 450 g/mol. The smallest absolute Gasteiger partial charge is 0.229 e. The van der Waals surface area contributed by atoms with Gasteiger partial charge >= 0.3 is 0 Å². The fraction of sp³-hybridized carbons (Fsp3) is 0.710. The van der Waals surface area contributed by atoms with Gasteiger partial charge < -0.3 is 10.4 Å². The number of aliphatic hydroxyl groups excluding tert-OH is 1. The lowest BCUT2D eigenvalue weighted by Gasteiger charge is -2.67. The van der Waals surface area contributed by atoms with Crippen LogP contribution in [0.5, 0.6) is 0 Å². The Balaban J connectivity index is 1.71. The van der Waals surface area contributed by atoms with Crippen LogP contribution in [0.25, 0.3) is 0 Å². The predicted octanol–water partition coefficient (Wildman–Crippen LogP) is 5.86. The minimum absolute atomic E-state index is 0.00623. The second kappa shape index (κ2) is 7.23. The molecule has 0 aliphatic heterocycles. The number of nitrogens with one attached hydrogen (secondary N) is 1. The summed E-state index contributed by atoms with van der Waals surface area (Å²) in [4.78, 5) is 40.1. The number of Topliss-reactive ketones (excluding diaryl/α,β-unsaturated/α-hetero) is 1. The summed E-state index contributed by atoms with van der Waals surface area (Å²) in [6.45, 7) is 14.9. The van der Waals surface area contributed by atoms with Gasteiger partial charge in [-0.25, -0.2) is 0 Å². The highest BCUT2D eigenvalue weighted by atomic mass is 16.3. The average molecular weight is 494 g/mol. The summed E-state index contributed by atoms with van der Waals surface area (Å²) in [6.07, 6.45) is 11.2. The van der Waals surface area contributed by atoms with Crippen LogP contribution in [0.15, 0.2) is 35.1 Å². The molecule has 0 heterocycles. The second-order valence-electron chi connectivity index (χ2n) is 14.3. The molecule has 0 saturated heterocycles. The normalized spacial score (nSPS) is 47.3. The first-order chi connectivity index (χ1) is 16.5. The van der Waals surface area contributed by atoms with Gasteiger partial charge in [0.05, 0.1) is 5.41 Å². The molecule has 5 aliphatic rings. The number of hydrogen-bond donors (Lipinski definition) is 2. The van der Waals surface area contributed by atoms with Crippen molar-refractivity contribution in [1.82, 2.24) is 5.32 Å². The maximum absolute atomic E-state index is 14.2. The summed E-state index contributed by atoms with van der Waals surface area (Å²) in [6, 6.07) is 0. The Labute approximate surface area is 215 Å². The van der Waals surface area contributed by atoms with Crippen LogP contribution in [0, 0.1) is 44.3 Å². The quantitative estimate of drug-likeness (QED) is 0.479. The molecule has 0 bridgehead atoms. The van der Waals surface area contributed by atoms with Crippen LogP contribution in [0.3, 0.4) is 0 Å². The topological polar surface area (TPSA) is 83.5 Å². The van der Waals surface area contributed by atoms with E-state index in [-0.39, 0.29) is 51.3 Å². The average Bonchev–Trinajstić information content (AvgIpc) is 2.79. The van der Waals surface area contributed by atoms with Crippen molar-refractivity contribution in [1.29, 1.82) is 0 Å². The van der Waals surface area contributed by atoms with Crippen molar-refractivity contribution < 1.29 is 19.5 Å². The molecule has 0 spiro atoms. The van der Waals surface area contributed by atoms with Gasteiger partial charge in [0.2, 0.25) is 11.7 Å². The minimum atomic E-state index is -0.716. The third-order valence-electron chi connectivity index (χ3n) is 12.0. The SMILES string of the molecule is CNC(=O)[C@]1(C)C=C2C3=CC(=O)[C@@H]4[C@@]5(C)C=C(O)C(=O)C(C)(C)[C@@H]5CC[C@@]4(C)[C@]3(C)CC[C@@]2(C)CC1. The lowest BCUT2D eigenvalue weighted by atomic mass is 9.35. The highest BCUT2D eigenvalue weighted by Gasteiger charge is 2.69. The van der Waals surface area contributed by atoms with E-state index in [4.69, 9.17) is 0 Å². The molecule has 0 aromatic rings. The van der Waals surface area contributed by atoms with Crippen molar-refractivity contribution in [3.05, 3.63) is 35.1 Å². The monoisotopic (exact) mass is 493 g/mol. The maximum atomic E-state index is 14.2. The van der Waals surface area contributed by atoms with Crippen LogP contribution in [0.2, 0.25) is 0 Å². The molecule has 1 amide bonds. The summed E-state index contributed by atoms with van der Waals surface area (Å²) in [5.41, 5.74) is -0.198. The van der Waals surface area contributed by atoms with Crippen molar-refractivity contribution in [2.75, 3.05) is 7.05 Å². The van der Waals surface area contributed by atoms with E-state index in [9.17, 15) is 19.5 Å². The number of allylic oxidation sites excluding steroid dienone is 5. The molecule has 0 radical (unpaired) electrons. The number of amides is 1. The molecule has 2 N–H and O–H groups in total. The van der Waals surface area contributed by atoms with Gasteiger partial charge in [-0.1, -0.05) is 47.6 Å². The molecule has 0 aromatic heterocycles. The van der Waals surface area contributed by atoms with E-state index in [1.807, 2.05) is 26.8 Å². The fourth-order valence-corrected chi connectivity index (χ4v) is 9.55. The van der Waals surface area contributed by atoms with Gasteiger partial charge in [-0.05, 0) is 90.9 Å². The first-order valence-corrected chi connectivity index (χ1v) is 13.7. The van der Waals surface area contributed by atoms with Gasteiger partial charge in [-0.3, -0.25) is 14.4 Å². The lowest BCUT2D eigenvalue weighted by molar-refractivity contribution is -0.166. The van der Waals surface area contributed by atoms with Crippen LogP contribution >= 0.6 is 0 Å². The van der Waals surface area contributed by atoms with Gasteiger partial charge in [-0.2, -0.15) is 0 Å². The van der Waals surface area contributed by atoms with E-state index in [0.717, 1.165) is 44.1 Å². The minimum Gasteiger partial charge on any atom is -0.505 e. The first kappa shape index (κ1) is 25.5. The van der Waals surface area contributed by atoms with Crippen LogP contribution in [0.4, 0.5) is 0 Å². The van der Waals surface area contributed by atoms with Gasteiger partial charge in [0, 0.05) is 23.8 Å². The Morgan fingerprint density at radius 2 is 1.56 bits per heavy atom. The molecule has 2 saturated carbocycles. The summed E-state index contributed by atoms with van der Waals surface area (Å²) in [5.74, 6) is -0.598. The number of hydrogen-bond acceptors (Lipinski definition) is 4. The van der Waals surface area contributed by atoms with Gasteiger partial charge in [0.15, 0.2) is 11.5 Å². The molecule has 0 aromatic carbocycles. The second-order valence-corrected chi connectivity index (χ2v) is 14.3. The Morgan fingerprint density at radius 3 is 2.19 bits per heavy atom. The summed E-state index contributed by atoms with van der Waals surface area (Å²) in [5, 5.41) is 13.6. The molecule has 0 unspecified atom stereocenters. The number of carbonyl (C=O) groups is 3. The molecule has 5 aliphatic carbocycles. The number of carbonyl (C=O) groups excluding carboxylic acids is 3. The number of fused-ring (bicyclic) bond motifs is 7. The van der Waals surface area contributed by atoms with Crippen molar-refractivity contribution in [3.63, 3.8) is 0 Å². The largest absolute Gasteiger partial charge is 0.505 e. The van der Waals surface area contributed by atoms with Crippen molar-refractivity contribution >= 4 is 17.5 Å². The van der Waals surface area contributed by atoms with Crippen molar-refractivity contribution in [3.8, 4) is 0 Å². The summed E-state index contributed by atoms with van der Waals surface area (Å²) >= 11 is 0. The summed E-state index contributed by atoms with van der Waals surface area (Å²) < 4.78 is 0. The predicted molar refractivity (Wildman–Crippen MR) is 140 cm³/mol. The van der Waals surface area contributed by atoms with Crippen LogP contribution in [-0.4, -0.2) is 29.6 Å². The molecule has 2 fully saturated rings.